The normalized spacial score (nSPS) is 18.3. The maximum atomic E-state index is 4.84. The van der Waals surface area contributed by atoms with Gasteiger partial charge < -0.3 is 4.90 Å². The van der Waals surface area contributed by atoms with Crippen LogP contribution in [0.1, 0.15) is 26.2 Å². The third-order valence-electron chi connectivity index (χ3n) is 4.73. The Kier molecular flexibility index (Phi) is 3.70. The monoisotopic (exact) mass is 303 g/mol. The molecule has 23 heavy (non-hydrogen) atoms. The summed E-state index contributed by atoms with van der Waals surface area (Å²) in [5.74, 6) is 0. The number of anilines is 1. The van der Waals surface area contributed by atoms with Crippen LogP contribution < -0.4 is 4.90 Å². The average molecular weight is 303 g/mol. The molecule has 0 radical (unpaired) electrons. The van der Waals surface area contributed by atoms with Crippen molar-refractivity contribution < 1.29 is 0 Å². The molecule has 1 saturated heterocycles. The topological polar surface area (TPSA) is 29.0 Å². The molecule has 1 aliphatic rings. The summed E-state index contributed by atoms with van der Waals surface area (Å²) in [6, 6.07) is 17.2. The van der Waals surface area contributed by atoms with Gasteiger partial charge in [0.1, 0.15) is 0 Å². The third-order valence-corrected chi connectivity index (χ3v) is 4.73. The molecule has 1 aliphatic heterocycles. The number of aromatic nitrogens is 2. The second kappa shape index (κ2) is 5.99. The zero-order valence-electron chi connectivity index (χ0n) is 13.4. The molecule has 0 saturated carbocycles. The summed E-state index contributed by atoms with van der Waals surface area (Å²) in [6.45, 7) is 3.45. The summed E-state index contributed by atoms with van der Waals surface area (Å²) in [4.78, 5) is 11.9. The van der Waals surface area contributed by atoms with Crippen molar-refractivity contribution >= 4 is 16.6 Å². The van der Waals surface area contributed by atoms with Crippen LogP contribution in [0.25, 0.3) is 22.3 Å². The van der Waals surface area contributed by atoms with Crippen LogP contribution in [0.5, 0.6) is 0 Å². The Balaban J connectivity index is 1.91. The van der Waals surface area contributed by atoms with Crippen molar-refractivity contribution in [2.45, 2.75) is 32.2 Å². The summed E-state index contributed by atoms with van der Waals surface area (Å²) in [7, 11) is 0. The van der Waals surface area contributed by atoms with Gasteiger partial charge in [0, 0.05) is 29.9 Å². The highest BCUT2D eigenvalue weighted by Crippen LogP contribution is 2.33. The van der Waals surface area contributed by atoms with E-state index in [1.165, 1.54) is 30.3 Å². The van der Waals surface area contributed by atoms with Crippen molar-refractivity contribution in [2.75, 3.05) is 11.4 Å². The van der Waals surface area contributed by atoms with Crippen molar-refractivity contribution in [3.8, 4) is 11.4 Å². The van der Waals surface area contributed by atoms with Crippen molar-refractivity contribution in [1.29, 1.82) is 0 Å². The Morgan fingerprint density at radius 2 is 1.87 bits per heavy atom. The maximum absolute atomic E-state index is 4.84. The van der Waals surface area contributed by atoms with E-state index in [1.807, 2.05) is 24.4 Å². The Hall–Kier alpha value is -2.42. The zero-order valence-corrected chi connectivity index (χ0v) is 13.4. The molecule has 3 nitrogen and oxygen atoms in total. The van der Waals surface area contributed by atoms with E-state index in [-0.39, 0.29) is 0 Å². The molecule has 0 aliphatic carbocycles. The van der Waals surface area contributed by atoms with E-state index in [4.69, 9.17) is 4.98 Å². The Bertz CT molecular complexity index is 813. The van der Waals surface area contributed by atoms with Gasteiger partial charge in [-0.05, 0) is 50.5 Å². The van der Waals surface area contributed by atoms with Gasteiger partial charge in [0.05, 0.1) is 16.9 Å². The summed E-state index contributed by atoms with van der Waals surface area (Å²) in [5.41, 5.74) is 4.23. The second-order valence-corrected chi connectivity index (χ2v) is 6.30. The summed E-state index contributed by atoms with van der Waals surface area (Å²) in [6.07, 6.45) is 5.68. The zero-order chi connectivity index (χ0) is 15.6. The summed E-state index contributed by atoms with van der Waals surface area (Å²) in [5, 5.41) is 1.24. The minimum absolute atomic E-state index is 0.575. The van der Waals surface area contributed by atoms with Gasteiger partial charge in [0.2, 0.25) is 0 Å². The van der Waals surface area contributed by atoms with Gasteiger partial charge in [0.25, 0.3) is 0 Å². The molecule has 3 aromatic rings. The highest BCUT2D eigenvalue weighted by molar-refractivity contribution is 5.94. The highest BCUT2D eigenvalue weighted by Gasteiger charge is 2.21. The lowest BCUT2D eigenvalue weighted by Gasteiger charge is -2.36. The molecule has 3 heteroatoms. The number of piperidine rings is 1. The predicted molar refractivity (Wildman–Crippen MR) is 95.6 cm³/mol. The number of pyridine rings is 2. The number of nitrogens with zero attached hydrogens (tertiary/aromatic N) is 3. The first-order valence-corrected chi connectivity index (χ1v) is 8.41. The van der Waals surface area contributed by atoms with Gasteiger partial charge >= 0.3 is 0 Å². The van der Waals surface area contributed by atoms with E-state index in [0.717, 1.165) is 23.4 Å². The molecule has 0 spiro atoms. The van der Waals surface area contributed by atoms with Crippen LogP contribution in [0.15, 0.2) is 54.7 Å². The number of rotatable bonds is 2. The lowest BCUT2D eigenvalue weighted by atomic mass is 10.0. The fraction of sp³-hybridized carbons (Fsp3) is 0.300. The highest BCUT2D eigenvalue weighted by atomic mass is 15.2. The van der Waals surface area contributed by atoms with Gasteiger partial charge in [-0.1, -0.05) is 24.3 Å². The fourth-order valence-electron chi connectivity index (χ4n) is 3.50. The van der Waals surface area contributed by atoms with Crippen molar-refractivity contribution in [1.82, 2.24) is 9.97 Å². The number of hydrogen-bond donors (Lipinski definition) is 0. The Labute approximate surface area is 137 Å². The van der Waals surface area contributed by atoms with Crippen LogP contribution >= 0.6 is 0 Å². The molecule has 2 aromatic heterocycles. The predicted octanol–water partition coefficient (Wildman–Crippen LogP) is 4.68. The van der Waals surface area contributed by atoms with Gasteiger partial charge in [-0.3, -0.25) is 4.98 Å². The quantitative estimate of drug-likeness (QED) is 0.688. The Morgan fingerprint density at radius 1 is 1.00 bits per heavy atom. The molecule has 0 bridgehead atoms. The fourth-order valence-corrected chi connectivity index (χ4v) is 3.50. The lowest BCUT2D eigenvalue weighted by molar-refractivity contribution is 0.486. The van der Waals surface area contributed by atoms with E-state index in [2.05, 4.69) is 47.1 Å². The van der Waals surface area contributed by atoms with Crippen molar-refractivity contribution in [3.63, 3.8) is 0 Å². The van der Waals surface area contributed by atoms with Crippen LogP contribution in [0.4, 0.5) is 5.69 Å². The van der Waals surface area contributed by atoms with E-state index in [1.54, 1.807) is 0 Å². The van der Waals surface area contributed by atoms with Gasteiger partial charge in [-0.25, -0.2) is 4.98 Å². The maximum Gasteiger partial charge on any atom is 0.0914 e. The molecule has 0 amide bonds. The molecule has 1 aromatic carbocycles. The summed E-state index contributed by atoms with van der Waals surface area (Å²) >= 11 is 0. The Morgan fingerprint density at radius 3 is 2.70 bits per heavy atom. The molecular formula is C20H21N3. The van der Waals surface area contributed by atoms with E-state index < -0.39 is 0 Å². The second-order valence-electron chi connectivity index (χ2n) is 6.30. The van der Waals surface area contributed by atoms with Crippen LogP contribution in [-0.2, 0) is 0 Å². The smallest absolute Gasteiger partial charge is 0.0914 e. The minimum Gasteiger partial charge on any atom is -0.368 e. The molecule has 3 heterocycles. The third kappa shape index (κ3) is 2.67. The van der Waals surface area contributed by atoms with E-state index in [9.17, 15) is 0 Å². The van der Waals surface area contributed by atoms with Gasteiger partial charge in [-0.15, -0.1) is 0 Å². The molecule has 116 valence electrons. The molecule has 1 atom stereocenters. The number of para-hydroxylation sites is 1. The summed E-state index contributed by atoms with van der Waals surface area (Å²) < 4.78 is 0. The first kappa shape index (κ1) is 14.2. The molecule has 0 N–H and O–H groups in total. The van der Waals surface area contributed by atoms with Crippen molar-refractivity contribution in [3.05, 3.63) is 54.7 Å². The van der Waals surface area contributed by atoms with Crippen LogP contribution in [0.2, 0.25) is 0 Å². The average Bonchev–Trinajstić information content (AvgIpc) is 2.62. The van der Waals surface area contributed by atoms with Crippen LogP contribution in [-0.4, -0.2) is 22.6 Å². The lowest BCUT2D eigenvalue weighted by Crippen LogP contribution is -2.37. The largest absolute Gasteiger partial charge is 0.368 e. The van der Waals surface area contributed by atoms with Crippen LogP contribution in [0, 0.1) is 0 Å². The number of benzene rings is 1. The SMILES string of the molecule is C[C@H]1CCCCN1c1cc(-c2ccccn2)nc2ccccc12. The van der Waals surface area contributed by atoms with Crippen LogP contribution in [0.3, 0.4) is 0 Å². The number of fused-ring (bicyclic) bond motifs is 1. The molecule has 4 rings (SSSR count). The van der Waals surface area contributed by atoms with Gasteiger partial charge in [0.15, 0.2) is 0 Å². The molecule has 1 fully saturated rings. The van der Waals surface area contributed by atoms with E-state index in [0.29, 0.717) is 6.04 Å². The number of hydrogen-bond acceptors (Lipinski definition) is 3. The van der Waals surface area contributed by atoms with E-state index >= 15 is 0 Å². The standard InChI is InChI=1S/C20H21N3/c1-15-8-5-7-13-23(15)20-14-19(18-11-4-6-12-21-18)22-17-10-3-2-9-16(17)20/h2-4,6,9-12,14-15H,5,7-8,13H2,1H3/t15-/m0/s1. The minimum atomic E-state index is 0.575. The molecular weight excluding hydrogens is 282 g/mol. The van der Waals surface area contributed by atoms with Crippen molar-refractivity contribution in [2.24, 2.45) is 0 Å². The first-order valence-electron chi connectivity index (χ1n) is 8.41. The van der Waals surface area contributed by atoms with Gasteiger partial charge in [-0.2, -0.15) is 0 Å². The first-order chi connectivity index (χ1) is 11.3. The molecule has 0 unspecified atom stereocenters.